The number of nitrogens with one attached hydrogen (secondary N) is 1. The smallest absolute Gasteiger partial charge is 0.303 e. The summed E-state index contributed by atoms with van der Waals surface area (Å²) in [7, 11) is 0. The maximum Gasteiger partial charge on any atom is 0.303 e. The van der Waals surface area contributed by atoms with E-state index in [4.69, 9.17) is 47.4 Å². The van der Waals surface area contributed by atoms with Crippen LogP contribution in [0, 0.1) is 0 Å². The molecular weight excluding hydrogens is 678 g/mol. The minimum atomic E-state index is -1.88. The molecule has 0 saturated carbocycles. The lowest BCUT2D eigenvalue weighted by atomic mass is 10.00. The molecule has 282 valence electrons. The number of carbonyl (C=O) groups excluding carboxylic acids is 9. The molecule has 20 nitrogen and oxygen atoms in total. The molecule has 20 heteroatoms. The van der Waals surface area contributed by atoms with E-state index < -0.39 is 129 Å². The fourth-order valence-electron chi connectivity index (χ4n) is 4.71. The first-order valence-electron chi connectivity index (χ1n) is 15.1. The van der Waals surface area contributed by atoms with E-state index in [0.717, 1.165) is 62.3 Å². The average Bonchev–Trinajstić information content (AvgIpc) is 3.27. The van der Waals surface area contributed by atoms with Gasteiger partial charge in [-0.1, -0.05) is 0 Å². The second kappa shape index (κ2) is 20.6. The first-order chi connectivity index (χ1) is 23.2. The van der Waals surface area contributed by atoms with Gasteiger partial charge >= 0.3 is 47.8 Å². The van der Waals surface area contributed by atoms with Gasteiger partial charge in [0.25, 0.3) is 0 Å². The van der Waals surface area contributed by atoms with Gasteiger partial charge in [0.1, 0.15) is 38.1 Å². The van der Waals surface area contributed by atoms with Gasteiger partial charge in [-0.05, 0) is 0 Å². The molecule has 9 atom stereocenters. The van der Waals surface area contributed by atoms with Crippen LogP contribution in [0.2, 0.25) is 0 Å². The Morgan fingerprint density at radius 1 is 0.540 bits per heavy atom. The van der Waals surface area contributed by atoms with Crippen molar-refractivity contribution in [3.05, 3.63) is 0 Å². The van der Waals surface area contributed by atoms with Crippen LogP contribution in [0.3, 0.4) is 0 Å². The van der Waals surface area contributed by atoms with Crippen LogP contribution >= 0.6 is 0 Å². The fraction of sp³-hybridized carbons (Fsp3) is 0.700. The molecule has 0 aromatic carbocycles. The van der Waals surface area contributed by atoms with Crippen molar-refractivity contribution < 1.29 is 90.5 Å². The van der Waals surface area contributed by atoms with Crippen LogP contribution in [0.15, 0.2) is 0 Å². The van der Waals surface area contributed by atoms with E-state index in [1.165, 1.54) is 0 Å². The normalized spacial score (nSPS) is 21.1. The van der Waals surface area contributed by atoms with E-state index in [-0.39, 0.29) is 0 Å². The van der Waals surface area contributed by atoms with Gasteiger partial charge < -0.3 is 52.7 Å². The molecule has 0 spiro atoms. The molecule has 1 amide bonds. The fourth-order valence-corrected chi connectivity index (χ4v) is 4.71. The van der Waals surface area contributed by atoms with E-state index >= 15 is 0 Å². The molecule has 0 radical (unpaired) electrons. The molecular formula is C30H43NO19. The zero-order chi connectivity index (χ0) is 38.3. The summed E-state index contributed by atoms with van der Waals surface area (Å²) in [5, 5.41) is 2.45. The number of rotatable bonds is 18. The summed E-state index contributed by atoms with van der Waals surface area (Å²) in [6, 6.07) is -1.44. The SMILES string of the molecule is CC(=O)N[C@@H](COC(C)=O)[C@@H](OC(C)=O)[C@H](O[C@@H]1O[C@@H]([C@H](COC(C)=O)OC(C)=O)[C@H](OC(C)=O)[C@H]1OC(C)=O)[C@@H](COC(C)=O)OC(C)=O. The summed E-state index contributed by atoms with van der Waals surface area (Å²) in [6.07, 6.45) is -13.6. The lowest BCUT2D eigenvalue weighted by Crippen LogP contribution is -2.59. The van der Waals surface area contributed by atoms with Gasteiger partial charge in [-0.15, -0.1) is 0 Å². The Morgan fingerprint density at radius 3 is 1.48 bits per heavy atom. The van der Waals surface area contributed by atoms with E-state index in [0.29, 0.717) is 0 Å². The number of hydrogen-bond acceptors (Lipinski definition) is 19. The van der Waals surface area contributed by atoms with E-state index in [2.05, 4.69) is 5.32 Å². The molecule has 1 N–H and O–H groups in total. The number of esters is 8. The highest BCUT2D eigenvalue weighted by molar-refractivity contribution is 5.74. The van der Waals surface area contributed by atoms with Crippen molar-refractivity contribution in [1.29, 1.82) is 0 Å². The molecule has 1 aliphatic rings. The number of amides is 1. The van der Waals surface area contributed by atoms with Crippen molar-refractivity contribution in [1.82, 2.24) is 5.32 Å². The number of ether oxygens (including phenoxy) is 10. The van der Waals surface area contributed by atoms with Crippen LogP contribution in [-0.4, -0.2) is 129 Å². The second-order valence-corrected chi connectivity index (χ2v) is 10.8. The van der Waals surface area contributed by atoms with Gasteiger partial charge in [0.05, 0.1) is 0 Å². The van der Waals surface area contributed by atoms with Crippen LogP contribution in [-0.2, 0) is 90.5 Å². The van der Waals surface area contributed by atoms with Gasteiger partial charge in [-0.3, -0.25) is 43.2 Å². The Balaban J connectivity index is 4.00. The molecule has 0 aliphatic carbocycles. The van der Waals surface area contributed by atoms with Crippen LogP contribution in [0.1, 0.15) is 62.3 Å². The van der Waals surface area contributed by atoms with E-state index in [9.17, 15) is 43.2 Å². The highest BCUT2D eigenvalue weighted by atomic mass is 16.8. The Kier molecular flexibility index (Phi) is 17.8. The minimum absolute atomic E-state index is 0.633. The lowest BCUT2D eigenvalue weighted by molar-refractivity contribution is -0.253. The molecule has 0 aromatic rings. The predicted octanol–water partition coefficient (Wildman–Crippen LogP) is -1.05. The Bertz CT molecular complexity index is 1270. The molecule has 1 saturated heterocycles. The van der Waals surface area contributed by atoms with Crippen molar-refractivity contribution in [2.75, 3.05) is 19.8 Å². The molecule has 1 aliphatic heterocycles. The lowest BCUT2D eigenvalue weighted by Gasteiger charge is -2.38. The summed E-state index contributed by atoms with van der Waals surface area (Å²) < 4.78 is 54.4. The van der Waals surface area contributed by atoms with Crippen LogP contribution in [0.4, 0.5) is 0 Å². The van der Waals surface area contributed by atoms with Crippen LogP contribution < -0.4 is 5.32 Å². The maximum absolute atomic E-state index is 12.4. The number of hydrogen-bond donors (Lipinski definition) is 1. The first-order valence-corrected chi connectivity index (χ1v) is 15.1. The average molecular weight is 722 g/mol. The maximum atomic E-state index is 12.4. The Hall–Kier alpha value is -4.85. The summed E-state index contributed by atoms with van der Waals surface area (Å²) in [5.74, 6) is -7.84. The van der Waals surface area contributed by atoms with Gasteiger partial charge in [-0.2, -0.15) is 0 Å². The van der Waals surface area contributed by atoms with Crippen molar-refractivity contribution in [2.24, 2.45) is 0 Å². The van der Waals surface area contributed by atoms with Crippen molar-refractivity contribution >= 4 is 53.7 Å². The third kappa shape index (κ3) is 15.6. The molecule has 1 fully saturated rings. The predicted molar refractivity (Wildman–Crippen MR) is 159 cm³/mol. The van der Waals surface area contributed by atoms with Gasteiger partial charge in [0.2, 0.25) is 5.91 Å². The minimum Gasteiger partial charge on any atom is -0.464 e. The molecule has 0 unspecified atom stereocenters. The van der Waals surface area contributed by atoms with E-state index in [1.54, 1.807) is 0 Å². The van der Waals surface area contributed by atoms with Gasteiger partial charge in [0.15, 0.2) is 36.8 Å². The number of carbonyl (C=O) groups is 9. The third-order valence-electron chi connectivity index (χ3n) is 6.25. The zero-order valence-corrected chi connectivity index (χ0v) is 29.1. The molecule has 0 bridgehead atoms. The molecule has 1 rings (SSSR count). The Morgan fingerprint density at radius 2 is 1.02 bits per heavy atom. The molecule has 1 heterocycles. The van der Waals surface area contributed by atoms with Crippen molar-refractivity contribution in [3.8, 4) is 0 Å². The van der Waals surface area contributed by atoms with Crippen LogP contribution in [0.5, 0.6) is 0 Å². The van der Waals surface area contributed by atoms with Crippen molar-refractivity contribution in [3.63, 3.8) is 0 Å². The first kappa shape index (κ1) is 43.2. The van der Waals surface area contributed by atoms with Crippen molar-refractivity contribution in [2.45, 2.75) is 117 Å². The standard InChI is InChI=1S/C30H43NO19/c1-13(32)31-22(10-41-14(2)33)25(46-19(7)38)26(23(44-17(5)36)11-42-15(3)34)49-30-29(48-21(9)40)28(47-20(8)39)27(50-30)24(45-18(6)37)12-43-16(4)35/h22-30H,10-12H2,1-9H3,(H,31,32)/t22-,23+,24-,25+,26+,27-,28-,29+,30+/m0/s1. The Labute approximate surface area is 286 Å². The second-order valence-electron chi connectivity index (χ2n) is 10.8. The quantitative estimate of drug-likeness (QED) is 0.131. The largest absolute Gasteiger partial charge is 0.464 e. The van der Waals surface area contributed by atoms with Crippen LogP contribution in [0.25, 0.3) is 0 Å². The van der Waals surface area contributed by atoms with E-state index in [1.807, 2.05) is 0 Å². The highest BCUT2D eigenvalue weighted by Gasteiger charge is 2.56. The zero-order valence-electron chi connectivity index (χ0n) is 29.1. The highest BCUT2D eigenvalue weighted by Crippen LogP contribution is 2.34. The van der Waals surface area contributed by atoms with Gasteiger partial charge in [-0.25, -0.2) is 0 Å². The molecule has 0 aromatic heterocycles. The summed E-state index contributed by atoms with van der Waals surface area (Å²) in [5.41, 5.74) is 0. The monoisotopic (exact) mass is 721 g/mol. The molecule has 50 heavy (non-hydrogen) atoms. The summed E-state index contributed by atoms with van der Waals surface area (Å²) in [6.45, 7) is 7.22. The summed E-state index contributed by atoms with van der Waals surface area (Å²) in [4.78, 5) is 109. The van der Waals surface area contributed by atoms with Gasteiger partial charge in [0, 0.05) is 62.3 Å². The third-order valence-corrected chi connectivity index (χ3v) is 6.25. The summed E-state index contributed by atoms with van der Waals surface area (Å²) >= 11 is 0. The topological polar surface area (TPSA) is 258 Å².